The lowest BCUT2D eigenvalue weighted by molar-refractivity contribution is -0.274. The van der Waals surface area contributed by atoms with Crippen molar-refractivity contribution in [2.75, 3.05) is 13.1 Å². The number of nitrogens with two attached hydrogens (primary N) is 2. The molecule has 2 rings (SSSR count). The van der Waals surface area contributed by atoms with Crippen LogP contribution in [-0.2, 0) is 0 Å². The number of benzene rings is 1. The van der Waals surface area contributed by atoms with Gasteiger partial charge in [0.25, 0.3) is 0 Å². The Bertz CT molecular complexity index is 695. The zero-order valence-corrected chi connectivity index (χ0v) is 15.6. The molecule has 1 heterocycles. The van der Waals surface area contributed by atoms with E-state index in [0.29, 0.717) is 13.1 Å². The molecule has 1 aliphatic heterocycles. The van der Waals surface area contributed by atoms with Crippen molar-refractivity contribution in [2.24, 2.45) is 21.5 Å². The molecule has 1 aliphatic rings. The van der Waals surface area contributed by atoms with E-state index in [1.807, 2.05) is 17.1 Å². The van der Waals surface area contributed by atoms with Gasteiger partial charge in [0.15, 0.2) is 5.96 Å². The fourth-order valence-corrected chi connectivity index (χ4v) is 2.17. The zero-order valence-electron chi connectivity index (χ0n) is 13.2. The largest absolute Gasteiger partial charge is 0.573 e. The smallest absolute Gasteiger partial charge is 0.404 e. The van der Waals surface area contributed by atoms with Gasteiger partial charge in [-0.3, -0.25) is 0 Å². The van der Waals surface area contributed by atoms with Crippen LogP contribution in [0.1, 0.15) is 6.42 Å². The van der Waals surface area contributed by atoms with Gasteiger partial charge < -0.3 is 21.1 Å². The third-order valence-electron chi connectivity index (χ3n) is 3.00. The van der Waals surface area contributed by atoms with Crippen molar-refractivity contribution in [2.45, 2.75) is 12.8 Å². The Balaban J connectivity index is 0.00000312. The van der Waals surface area contributed by atoms with Gasteiger partial charge in [-0.25, -0.2) is 4.99 Å². The van der Waals surface area contributed by atoms with Crippen molar-refractivity contribution >= 4 is 54.0 Å². The summed E-state index contributed by atoms with van der Waals surface area (Å²) in [5, 5.41) is -0.250. The van der Waals surface area contributed by atoms with E-state index in [-0.39, 0.29) is 47.4 Å². The Morgan fingerprint density at radius 3 is 2.42 bits per heavy atom. The van der Waals surface area contributed by atoms with Crippen LogP contribution in [0.5, 0.6) is 5.75 Å². The lowest BCUT2D eigenvalue weighted by Gasteiger charge is -2.23. The lowest BCUT2D eigenvalue weighted by atomic mass is 10.3. The highest BCUT2D eigenvalue weighted by Gasteiger charge is 2.32. The number of guanidine groups is 2. The van der Waals surface area contributed by atoms with E-state index in [4.69, 9.17) is 23.1 Å². The molecule has 12 heteroatoms. The van der Waals surface area contributed by atoms with Crippen LogP contribution >= 0.6 is 36.4 Å². The summed E-state index contributed by atoms with van der Waals surface area (Å²) in [6, 6.07) is 3.50. The molecule has 0 fully saturated rings. The fourth-order valence-electron chi connectivity index (χ4n) is 1.96. The summed E-state index contributed by atoms with van der Waals surface area (Å²) in [5.41, 5.74) is 11.7. The van der Waals surface area contributed by atoms with Crippen molar-refractivity contribution in [3.05, 3.63) is 35.4 Å². The zero-order chi connectivity index (χ0) is 17.7. The molecule has 0 aliphatic carbocycles. The van der Waals surface area contributed by atoms with Crippen LogP contribution < -0.4 is 16.2 Å². The first kappa shape index (κ1) is 24.2. The van der Waals surface area contributed by atoms with Gasteiger partial charge in [0.1, 0.15) is 5.75 Å². The summed E-state index contributed by atoms with van der Waals surface area (Å²) in [6.45, 7) is 1.34. The highest BCUT2D eigenvalue weighted by Crippen LogP contribution is 2.32. The molecule has 1 aromatic rings. The third kappa shape index (κ3) is 7.59. The molecule has 0 aromatic heterocycles. The molecule has 4 N–H and O–H groups in total. The third-order valence-corrected chi connectivity index (χ3v) is 3.29. The highest BCUT2D eigenvalue weighted by atomic mass is 35.5. The van der Waals surface area contributed by atoms with Crippen LogP contribution in [0.2, 0.25) is 5.02 Å². The average Bonchev–Trinajstić information content (AvgIpc) is 2.49. The molecule has 1 aromatic carbocycles. The van der Waals surface area contributed by atoms with Crippen molar-refractivity contribution in [3.8, 4) is 5.75 Å². The van der Waals surface area contributed by atoms with Gasteiger partial charge in [-0.05, 0) is 24.6 Å². The standard InChI is InChI=1S/C14H15ClF3N5O.2ClH/c15-10-8-9(4-5-11(10)24-14(16,17)18)21-12(19)22-13(20)23-6-2-1-3-7-23;;/h1-2,4-5,8H,3,6-7H2,(H4,19,20,21,22);2*1H. The maximum Gasteiger partial charge on any atom is 0.573 e. The number of rotatable bonds is 2. The minimum absolute atomic E-state index is 0. The molecule has 0 saturated carbocycles. The second kappa shape index (κ2) is 10.3. The van der Waals surface area contributed by atoms with E-state index in [0.717, 1.165) is 12.5 Å². The van der Waals surface area contributed by atoms with E-state index in [9.17, 15) is 13.2 Å². The Morgan fingerprint density at radius 1 is 1.19 bits per heavy atom. The van der Waals surface area contributed by atoms with Gasteiger partial charge in [-0.1, -0.05) is 23.8 Å². The van der Waals surface area contributed by atoms with Crippen molar-refractivity contribution in [1.82, 2.24) is 4.90 Å². The number of hydrogen-bond donors (Lipinski definition) is 2. The SMILES string of the molecule is Cl.Cl.NC(=Nc1ccc(OC(F)(F)F)c(Cl)c1)/N=C(/N)N1CC=CCC1. The van der Waals surface area contributed by atoms with E-state index >= 15 is 0 Å². The number of ether oxygens (including phenoxy) is 1. The monoisotopic (exact) mass is 433 g/mol. The van der Waals surface area contributed by atoms with E-state index in [2.05, 4.69) is 14.7 Å². The molecule has 26 heavy (non-hydrogen) atoms. The Kier molecular flexibility index (Phi) is 9.61. The van der Waals surface area contributed by atoms with Crippen molar-refractivity contribution in [3.63, 3.8) is 0 Å². The van der Waals surface area contributed by atoms with Crippen LogP contribution in [0.3, 0.4) is 0 Å². The van der Waals surface area contributed by atoms with Crippen LogP contribution in [-0.4, -0.2) is 36.3 Å². The highest BCUT2D eigenvalue weighted by molar-refractivity contribution is 6.32. The summed E-state index contributed by atoms with van der Waals surface area (Å²) in [4.78, 5) is 9.74. The quantitative estimate of drug-likeness (QED) is 0.423. The van der Waals surface area contributed by atoms with Gasteiger partial charge in [-0.2, -0.15) is 4.99 Å². The fraction of sp³-hybridized carbons (Fsp3) is 0.286. The summed E-state index contributed by atoms with van der Waals surface area (Å²) >= 11 is 5.73. The second-order valence-electron chi connectivity index (χ2n) is 4.81. The molecule has 0 saturated heterocycles. The maximum absolute atomic E-state index is 12.2. The lowest BCUT2D eigenvalue weighted by Crippen LogP contribution is -2.40. The molecule has 146 valence electrons. The predicted octanol–water partition coefficient (Wildman–Crippen LogP) is 3.61. The second-order valence-corrected chi connectivity index (χ2v) is 5.22. The van der Waals surface area contributed by atoms with E-state index < -0.39 is 12.1 Å². The molecule has 0 radical (unpaired) electrons. The van der Waals surface area contributed by atoms with Crippen molar-refractivity contribution < 1.29 is 17.9 Å². The molecule has 0 amide bonds. The predicted molar refractivity (Wildman–Crippen MR) is 101 cm³/mol. The maximum atomic E-state index is 12.2. The number of alkyl halides is 3. The number of hydrogen-bond acceptors (Lipinski definition) is 2. The van der Waals surface area contributed by atoms with Gasteiger partial charge in [0, 0.05) is 13.1 Å². The summed E-state index contributed by atoms with van der Waals surface area (Å²) in [5.74, 6) is -0.448. The van der Waals surface area contributed by atoms with Crippen LogP contribution in [0.4, 0.5) is 18.9 Å². The molecule has 0 spiro atoms. The molecule has 6 nitrogen and oxygen atoms in total. The van der Waals surface area contributed by atoms with Gasteiger partial charge in [-0.15, -0.1) is 38.0 Å². The topological polar surface area (TPSA) is 89.2 Å². The first-order chi connectivity index (χ1) is 11.2. The average molecular weight is 435 g/mol. The van der Waals surface area contributed by atoms with Crippen LogP contribution in [0, 0.1) is 0 Å². The van der Waals surface area contributed by atoms with E-state index in [1.54, 1.807) is 0 Å². The first-order valence-electron chi connectivity index (χ1n) is 6.88. The van der Waals surface area contributed by atoms with Crippen molar-refractivity contribution in [1.29, 1.82) is 0 Å². The number of nitrogens with zero attached hydrogens (tertiary/aromatic N) is 3. The molecular weight excluding hydrogens is 418 g/mol. The minimum atomic E-state index is -4.82. The van der Waals surface area contributed by atoms with Gasteiger partial charge >= 0.3 is 6.36 Å². The Morgan fingerprint density at radius 2 is 1.88 bits per heavy atom. The molecule has 0 bridgehead atoms. The summed E-state index contributed by atoms with van der Waals surface area (Å²) in [6.07, 6.45) is 0.0186. The van der Waals surface area contributed by atoms with E-state index in [1.165, 1.54) is 12.1 Å². The van der Waals surface area contributed by atoms with Crippen LogP contribution in [0.25, 0.3) is 0 Å². The normalized spacial score (nSPS) is 15.2. The van der Waals surface area contributed by atoms with Crippen LogP contribution in [0.15, 0.2) is 40.3 Å². The minimum Gasteiger partial charge on any atom is -0.404 e. The summed E-state index contributed by atoms with van der Waals surface area (Å²) in [7, 11) is 0. The molecule has 0 unspecified atom stereocenters. The summed E-state index contributed by atoms with van der Waals surface area (Å²) < 4.78 is 40.3. The Labute approximate surface area is 165 Å². The van der Waals surface area contributed by atoms with Gasteiger partial charge in [0.05, 0.1) is 10.7 Å². The number of halogens is 6. The first-order valence-corrected chi connectivity index (χ1v) is 7.26. The number of aliphatic imine (C=N–C) groups is 2. The van der Waals surface area contributed by atoms with Gasteiger partial charge in [0.2, 0.25) is 5.96 Å². The molecular formula is C14H17Cl3F3N5O. The molecule has 0 atom stereocenters. The Hall–Kier alpha value is -1.84.